The topological polar surface area (TPSA) is 84.0 Å². The molecule has 1 heterocycles. The molecule has 30 heavy (non-hydrogen) atoms. The highest BCUT2D eigenvalue weighted by Gasteiger charge is 2.36. The summed E-state index contributed by atoms with van der Waals surface area (Å²) in [6.07, 6.45) is 1.34. The zero-order valence-corrected chi connectivity index (χ0v) is 18.0. The molecule has 3 rings (SSSR count). The first-order chi connectivity index (χ1) is 14.4. The molecule has 1 aliphatic heterocycles. The number of ether oxygens (including phenoxy) is 1. The van der Waals surface area contributed by atoms with Crippen LogP contribution in [-0.2, 0) is 19.6 Å². The van der Waals surface area contributed by atoms with Crippen LogP contribution in [0.5, 0.6) is 0 Å². The number of fused-ring (bicyclic) bond motifs is 1. The van der Waals surface area contributed by atoms with Gasteiger partial charge in [0.25, 0.3) is 11.8 Å². The van der Waals surface area contributed by atoms with Gasteiger partial charge in [0.15, 0.2) is 0 Å². The van der Waals surface area contributed by atoms with Gasteiger partial charge in [0.1, 0.15) is 0 Å². The molecule has 2 aromatic carbocycles. The number of anilines is 1. The van der Waals surface area contributed by atoms with E-state index in [0.717, 1.165) is 4.90 Å². The minimum absolute atomic E-state index is 0.0264. The third-order valence-corrected chi connectivity index (χ3v) is 6.92. The summed E-state index contributed by atoms with van der Waals surface area (Å²) in [5, 5.41) is 0. The van der Waals surface area contributed by atoms with Crippen molar-refractivity contribution in [2.24, 2.45) is 0 Å². The summed E-state index contributed by atoms with van der Waals surface area (Å²) in [6, 6.07) is 12.7. The van der Waals surface area contributed by atoms with Crippen LogP contribution in [0.1, 0.15) is 36.7 Å². The van der Waals surface area contributed by atoms with Crippen LogP contribution in [-0.4, -0.2) is 44.2 Å². The minimum Gasteiger partial charge on any atom is -0.501 e. The Morgan fingerprint density at radius 3 is 2.23 bits per heavy atom. The molecular formula is C22H24N2O5S. The molecule has 0 spiro atoms. The van der Waals surface area contributed by atoms with Crippen LogP contribution < -0.4 is 4.90 Å². The largest absolute Gasteiger partial charge is 0.501 e. The zero-order chi connectivity index (χ0) is 21.9. The SMILES string of the molecule is CCOC=C1C(=O)N(c2cccc(S(=O)(=O)N(CC)CC)c2)C(=O)c2ccccc21. The predicted molar refractivity (Wildman–Crippen MR) is 114 cm³/mol. The molecule has 2 aromatic rings. The monoisotopic (exact) mass is 428 g/mol. The van der Waals surface area contributed by atoms with Crippen LogP contribution in [0, 0.1) is 0 Å². The number of hydrogen-bond donors (Lipinski definition) is 0. The Bertz CT molecular complexity index is 1100. The molecule has 0 N–H and O–H groups in total. The smallest absolute Gasteiger partial charge is 0.269 e. The van der Waals surface area contributed by atoms with Crippen molar-refractivity contribution in [1.82, 2.24) is 4.31 Å². The van der Waals surface area contributed by atoms with Gasteiger partial charge in [0.05, 0.1) is 29.0 Å². The summed E-state index contributed by atoms with van der Waals surface area (Å²) in [5.41, 5.74) is 1.27. The maximum Gasteiger partial charge on any atom is 0.269 e. The Kier molecular flexibility index (Phi) is 6.38. The normalized spacial score (nSPS) is 15.6. The van der Waals surface area contributed by atoms with E-state index in [1.807, 2.05) is 0 Å². The number of imide groups is 1. The molecule has 1 aliphatic rings. The molecular weight excluding hydrogens is 404 g/mol. The number of nitrogens with zero attached hydrogens (tertiary/aromatic N) is 2. The lowest BCUT2D eigenvalue weighted by Crippen LogP contribution is -2.42. The molecule has 7 nitrogen and oxygen atoms in total. The minimum atomic E-state index is -3.74. The molecule has 2 amide bonds. The highest BCUT2D eigenvalue weighted by molar-refractivity contribution is 7.89. The lowest BCUT2D eigenvalue weighted by atomic mass is 9.94. The highest BCUT2D eigenvalue weighted by atomic mass is 32.2. The summed E-state index contributed by atoms with van der Waals surface area (Å²) >= 11 is 0. The number of sulfonamides is 1. The van der Waals surface area contributed by atoms with Crippen molar-refractivity contribution >= 4 is 33.1 Å². The maximum absolute atomic E-state index is 13.2. The Morgan fingerprint density at radius 2 is 1.60 bits per heavy atom. The lowest BCUT2D eigenvalue weighted by Gasteiger charge is -2.29. The van der Waals surface area contributed by atoms with Crippen LogP contribution in [0.3, 0.4) is 0 Å². The van der Waals surface area contributed by atoms with E-state index in [1.165, 1.54) is 28.8 Å². The Balaban J connectivity index is 2.12. The van der Waals surface area contributed by atoms with E-state index in [0.29, 0.717) is 30.8 Å². The van der Waals surface area contributed by atoms with E-state index in [2.05, 4.69) is 0 Å². The average Bonchev–Trinajstić information content (AvgIpc) is 2.75. The van der Waals surface area contributed by atoms with Gasteiger partial charge in [-0.05, 0) is 31.2 Å². The van der Waals surface area contributed by atoms with Gasteiger partial charge in [-0.25, -0.2) is 13.3 Å². The van der Waals surface area contributed by atoms with Gasteiger partial charge in [0, 0.05) is 24.2 Å². The summed E-state index contributed by atoms with van der Waals surface area (Å²) in [4.78, 5) is 27.4. The molecule has 0 atom stereocenters. The second-order valence-corrected chi connectivity index (χ2v) is 8.50. The van der Waals surface area contributed by atoms with E-state index in [4.69, 9.17) is 4.74 Å². The molecule has 0 fully saturated rings. The molecule has 8 heteroatoms. The van der Waals surface area contributed by atoms with Crippen molar-refractivity contribution in [3.63, 3.8) is 0 Å². The molecule has 0 unspecified atom stereocenters. The number of benzene rings is 2. The third-order valence-electron chi connectivity index (χ3n) is 4.87. The fourth-order valence-electron chi connectivity index (χ4n) is 3.36. The van der Waals surface area contributed by atoms with Gasteiger partial charge in [0.2, 0.25) is 10.0 Å². The highest BCUT2D eigenvalue weighted by Crippen LogP contribution is 2.33. The van der Waals surface area contributed by atoms with Gasteiger partial charge in [-0.3, -0.25) is 9.59 Å². The molecule has 0 saturated heterocycles. The first kappa shape index (κ1) is 21.7. The number of rotatable bonds is 7. The second-order valence-electron chi connectivity index (χ2n) is 6.56. The maximum atomic E-state index is 13.2. The summed E-state index contributed by atoms with van der Waals surface area (Å²) < 4.78 is 32.5. The van der Waals surface area contributed by atoms with Gasteiger partial charge in [-0.15, -0.1) is 0 Å². The van der Waals surface area contributed by atoms with Gasteiger partial charge < -0.3 is 4.74 Å². The molecule has 0 saturated carbocycles. The molecule has 0 aromatic heterocycles. The van der Waals surface area contributed by atoms with Crippen molar-refractivity contribution in [3.05, 3.63) is 65.9 Å². The van der Waals surface area contributed by atoms with Crippen molar-refractivity contribution in [2.75, 3.05) is 24.6 Å². The van der Waals surface area contributed by atoms with E-state index < -0.39 is 21.8 Å². The number of carbonyl (C=O) groups is 2. The molecule has 158 valence electrons. The van der Waals surface area contributed by atoms with Crippen molar-refractivity contribution in [1.29, 1.82) is 0 Å². The first-order valence-corrected chi connectivity index (χ1v) is 11.2. The predicted octanol–water partition coefficient (Wildman–Crippen LogP) is 3.28. The summed E-state index contributed by atoms with van der Waals surface area (Å²) in [7, 11) is -3.74. The summed E-state index contributed by atoms with van der Waals surface area (Å²) in [5.74, 6) is -1.08. The quantitative estimate of drug-likeness (QED) is 0.384. The van der Waals surface area contributed by atoms with E-state index in [-0.39, 0.29) is 16.2 Å². The van der Waals surface area contributed by atoms with Gasteiger partial charge in [-0.2, -0.15) is 4.31 Å². The Morgan fingerprint density at radius 1 is 0.933 bits per heavy atom. The van der Waals surface area contributed by atoms with Gasteiger partial charge in [-0.1, -0.05) is 38.1 Å². The van der Waals surface area contributed by atoms with Crippen LogP contribution >= 0.6 is 0 Å². The van der Waals surface area contributed by atoms with Crippen LogP contribution in [0.2, 0.25) is 0 Å². The lowest BCUT2D eigenvalue weighted by molar-refractivity contribution is -0.113. The van der Waals surface area contributed by atoms with Crippen LogP contribution in [0.4, 0.5) is 5.69 Å². The number of amides is 2. The molecule has 0 bridgehead atoms. The van der Waals surface area contributed by atoms with E-state index >= 15 is 0 Å². The average molecular weight is 429 g/mol. The third kappa shape index (κ3) is 3.76. The second kappa shape index (κ2) is 8.81. The first-order valence-electron chi connectivity index (χ1n) is 9.76. The Labute approximate surface area is 176 Å². The van der Waals surface area contributed by atoms with Crippen LogP contribution in [0.15, 0.2) is 59.7 Å². The standard InChI is InChI=1S/C22H24N2O5S/c1-4-23(5-2)30(27,28)17-11-9-10-16(14-17)24-21(25)19-13-8-7-12-18(19)20(22(24)26)15-29-6-3/h7-15H,4-6H2,1-3H3. The van der Waals surface area contributed by atoms with Crippen LogP contribution in [0.25, 0.3) is 5.57 Å². The zero-order valence-electron chi connectivity index (χ0n) is 17.2. The van der Waals surface area contributed by atoms with Crippen molar-refractivity contribution in [2.45, 2.75) is 25.7 Å². The van der Waals surface area contributed by atoms with Gasteiger partial charge >= 0.3 is 0 Å². The number of hydrogen-bond acceptors (Lipinski definition) is 5. The fraction of sp³-hybridized carbons (Fsp3) is 0.273. The molecule has 0 radical (unpaired) electrons. The van der Waals surface area contributed by atoms with Crippen molar-refractivity contribution in [3.8, 4) is 0 Å². The van der Waals surface area contributed by atoms with E-state index in [9.17, 15) is 18.0 Å². The number of carbonyl (C=O) groups excluding carboxylic acids is 2. The summed E-state index contributed by atoms with van der Waals surface area (Å²) in [6.45, 7) is 6.30. The van der Waals surface area contributed by atoms with Crippen molar-refractivity contribution < 1.29 is 22.7 Å². The molecule has 0 aliphatic carbocycles. The van der Waals surface area contributed by atoms with E-state index in [1.54, 1.807) is 51.1 Å². The Hall–Kier alpha value is -2.97. The fourth-order valence-corrected chi connectivity index (χ4v) is 4.86.